The molecule has 0 radical (unpaired) electrons. The van der Waals surface area contributed by atoms with Crippen LogP contribution in [0.25, 0.3) is 10.9 Å². The molecule has 2 aromatic rings. The number of aromatic carboxylic acids is 1. The summed E-state index contributed by atoms with van der Waals surface area (Å²) in [7, 11) is 0. The van der Waals surface area contributed by atoms with Crippen LogP contribution in [0.4, 0.5) is 8.78 Å². The lowest BCUT2D eigenvalue weighted by Crippen LogP contribution is -2.20. The van der Waals surface area contributed by atoms with E-state index in [1.165, 1.54) is 10.8 Å². The number of nitrogens with zero attached hydrogens (tertiary/aromatic N) is 1. The van der Waals surface area contributed by atoms with E-state index < -0.39 is 28.6 Å². The van der Waals surface area contributed by atoms with Gasteiger partial charge in [-0.05, 0) is 19.4 Å². The summed E-state index contributed by atoms with van der Waals surface area (Å²) in [4.78, 5) is 23.1. The van der Waals surface area contributed by atoms with E-state index in [0.717, 1.165) is 12.1 Å². The lowest BCUT2D eigenvalue weighted by molar-refractivity contribution is 0.0694. The van der Waals surface area contributed by atoms with Gasteiger partial charge in [0.05, 0.1) is 5.52 Å². The fraction of sp³-hybridized carbons (Fsp3) is 0.286. The largest absolute Gasteiger partial charge is 0.477 e. The highest BCUT2D eigenvalue weighted by Crippen LogP contribution is 2.21. The fourth-order valence-corrected chi connectivity index (χ4v) is 2.06. The Kier molecular flexibility index (Phi) is 3.57. The summed E-state index contributed by atoms with van der Waals surface area (Å²) in [5.74, 6) is -3.64. The van der Waals surface area contributed by atoms with Crippen molar-refractivity contribution in [2.24, 2.45) is 0 Å². The molecule has 0 aliphatic rings. The molecule has 1 N–H and O–H groups in total. The van der Waals surface area contributed by atoms with Crippen LogP contribution in [0.1, 0.15) is 36.7 Å². The number of hydrogen-bond donors (Lipinski definition) is 1. The number of rotatable bonds is 3. The van der Waals surface area contributed by atoms with Crippen molar-refractivity contribution in [1.29, 1.82) is 0 Å². The van der Waals surface area contributed by atoms with E-state index in [1.807, 2.05) is 6.92 Å². The average Bonchev–Trinajstić information content (AvgIpc) is 2.40. The van der Waals surface area contributed by atoms with Crippen LogP contribution in [0.5, 0.6) is 0 Å². The van der Waals surface area contributed by atoms with E-state index >= 15 is 0 Å². The summed E-state index contributed by atoms with van der Waals surface area (Å²) in [6.07, 6.45) is 1.83. The molecule has 1 aromatic heterocycles. The van der Waals surface area contributed by atoms with Crippen molar-refractivity contribution in [2.75, 3.05) is 0 Å². The van der Waals surface area contributed by atoms with Gasteiger partial charge in [-0.3, -0.25) is 4.79 Å². The Balaban J connectivity index is 2.97. The Labute approximate surface area is 113 Å². The van der Waals surface area contributed by atoms with Gasteiger partial charge in [-0.1, -0.05) is 6.92 Å². The van der Waals surface area contributed by atoms with Gasteiger partial charge < -0.3 is 9.67 Å². The Hall–Kier alpha value is -2.24. The highest BCUT2D eigenvalue weighted by atomic mass is 19.2. The lowest BCUT2D eigenvalue weighted by Gasteiger charge is -2.18. The first-order chi connectivity index (χ1) is 9.36. The smallest absolute Gasteiger partial charge is 0.341 e. The highest BCUT2D eigenvalue weighted by Gasteiger charge is 2.18. The maximum atomic E-state index is 13.4. The first-order valence-electron chi connectivity index (χ1n) is 6.14. The van der Waals surface area contributed by atoms with E-state index in [4.69, 9.17) is 5.11 Å². The summed E-state index contributed by atoms with van der Waals surface area (Å²) in [5, 5.41) is 8.91. The van der Waals surface area contributed by atoms with Gasteiger partial charge in [0.1, 0.15) is 5.56 Å². The zero-order chi connectivity index (χ0) is 15.0. The molecular formula is C14H13F2NO3. The number of carboxylic acids is 1. The normalized spacial score (nSPS) is 12.6. The quantitative estimate of drug-likeness (QED) is 0.941. The molecule has 0 aliphatic heterocycles. The average molecular weight is 281 g/mol. The van der Waals surface area contributed by atoms with Gasteiger partial charge in [-0.2, -0.15) is 0 Å². The summed E-state index contributed by atoms with van der Waals surface area (Å²) < 4.78 is 28.2. The van der Waals surface area contributed by atoms with Crippen molar-refractivity contribution < 1.29 is 18.7 Å². The third kappa shape index (κ3) is 2.17. The Morgan fingerprint density at radius 3 is 2.50 bits per heavy atom. The molecule has 20 heavy (non-hydrogen) atoms. The predicted molar refractivity (Wildman–Crippen MR) is 70.1 cm³/mol. The zero-order valence-electron chi connectivity index (χ0n) is 11.0. The second kappa shape index (κ2) is 5.03. The number of carbonyl (C=O) groups is 1. The standard InChI is InChI=1S/C14H13F2NO3/c1-3-7(2)17-6-9(14(19)20)13(18)8-4-10(15)11(16)5-12(8)17/h4-7H,3H2,1-2H3,(H,19,20). The van der Waals surface area contributed by atoms with Crippen molar-refractivity contribution in [3.63, 3.8) is 0 Å². The van der Waals surface area contributed by atoms with Crippen molar-refractivity contribution in [3.8, 4) is 0 Å². The van der Waals surface area contributed by atoms with Crippen LogP contribution in [-0.2, 0) is 0 Å². The van der Waals surface area contributed by atoms with Crippen LogP contribution < -0.4 is 5.43 Å². The van der Waals surface area contributed by atoms with Crippen LogP contribution in [-0.4, -0.2) is 15.6 Å². The monoisotopic (exact) mass is 281 g/mol. The molecule has 1 unspecified atom stereocenters. The van der Waals surface area contributed by atoms with E-state index in [-0.39, 0.29) is 16.9 Å². The Morgan fingerprint density at radius 1 is 1.35 bits per heavy atom. The van der Waals surface area contributed by atoms with E-state index in [2.05, 4.69) is 0 Å². The molecule has 106 valence electrons. The summed E-state index contributed by atoms with van der Waals surface area (Å²) in [6.45, 7) is 3.67. The number of halogens is 2. The Morgan fingerprint density at radius 2 is 1.95 bits per heavy atom. The lowest BCUT2D eigenvalue weighted by atomic mass is 10.1. The van der Waals surface area contributed by atoms with Gasteiger partial charge in [0.25, 0.3) is 0 Å². The number of aromatic nitrogens is 1. The third-order valence-electron chi connectivity index (χ3n) is 3.37. The molecule has 2 rings (SSSR count). The second-order valence-corrected chi connectivity index (χ2v) is 4.63. The van der Waals surface area contributed by atoms with Gasteiger partial charge in [0.2, 0.25) is 5.43 Å². The number of fused-ring (bicyclic) bond motifs is 1. The SMILES string of the molecule is CCC(C)n1cc(C(=O)O)c(=O)c2cc(F)c(F)cc21. The van der Waals surface area contributed by atoms with Gasteiger partial charge >= 0.3 is 5.97 Å². The van der Waals surface area contributed by atoms with Crippen LogP contribution in [0.3, 0.4) is 0 Å². The molecule has 0 fully saturated rings. The molecule has 0 amide bonds. The summed E-state index contributed by atoms with van der Waals surface area (Å²) in [6, 6.07) is 1.52. The minimum absolute atomic E-state index is 0.135. The number of benzene rings is 1. The minimum atomic E-state index is -1.39. The van der Waals surface area contributed by atoms with Gasteiger partial charge in [0, 0.05) is 23.7 Å². The molecule has 0 bridgehead atoms. The predicted octanol–water partition coefficient (Wildman–Crippen LogP) is 2.95. The summed E-state index contributed by atoms with van der Waals surface area (Å²) in [5.41, 5.74) is -1.08. The van der Waals surface area contributed by atoms with E-state index in [1.54, 1.807) is 6.92 Å². The highest BCUT2D eigenvalue weighted by molar-refractivity contribution is 5.92. The molecule has 1 atom stereocenters. The number of hydrogen-bond acceptors (Lipinski definition) is 2. The van der Waals surface area contributed by atoms with Gasteiger partial charge in [-0.15, -0.1) is 0 Å². The Bertz CT molecular complexity index is 752. The molecule has 0 saturated carbocycles. The molecule has 0 spiro atoms. The molecular weight excluding hydrogens is 268 g/mol. The minimum Gasteiger partial charge on any atom is -0.477 e. The van der Waals surface area contributed by atoms with Crippen molar-refractivity contribution in [3.05, 3.63) is 45.8 Å². The first-order valence-corrected chi connectivity index (χ1v) is 6.14. The van der Waals surface area contributed by atoms with Crippen LogP contribution in [0.15, 0.2) is 23.1 Å². The molecule has 6 heteroatoms. The van der Waals surface area contributed by atoms with Crippen molar-refractivity contribution >= 4 is 16.9 Å². The van der Waals surface area contributed by atoms with Gasteiger partial charge in [-0.25, -0.2) is 13.6 Å². The molecule has 1 aromatic carbocycles. The van der Waals surface area contributed by atoms with Crippen molar-refractivity contribution in [2.45, 2.75) is 26.3 Å². The molecule has 1 heterocycles. The maximum Gasteiger partial charge on any atom is 0.341 e. The van der Waals surface area contributed by atoms with Crippen LogP contribution >= 0.6 is 0 Å². The van der Waals surface area contributed by atoms with Gasteiger partial charge in [0.15, 0.2) is 11.6 Å². The zero-order valence-corrected chi connectivity index (χ0v) is 11.0. The third-order valence-corrected chi connectivity index (χ3v) is 3.37. The number of carboxylic acid groups (broad SMARTS) is 1. The maximum absolute atomic E-state index is 13.4. The van der Waals surface area contributed by atoms with Crippen molar-refractivity contribution in [1.82, 2.24) is 4.57 Å². The molecule has 0 aliphatic carbocycles. The fourth-order valence-electron chi connectivity index (χ4n) is 2.06. The van der Waals surface area contributed by atoms with Crippen LogP contribution in [0.2, 0.25) is 0 Å². The first kappa shape index (κ1) is 14.2. The summed E-state index contributed by atoms with van der Waals surface area (Å²) >= 11 is 0. The van der Waals surface area contributed by atoms with E-state index in [0.29, 0.717) is 6.42 Å². The second-order valence-electron chi connectivity index (χ2n) is 4.63. The van der Waals surface area contributed by atoms with Crippen LogP contribution in [0, 0.1) is 11.6 Å². The topological polar surface area (TPSA) is 59.3 Å². The molecule has 4 nitrogen and oxygen atoms in total. The van der Waals surface area contributed by atoms with E-state index in [9.17, 15) is 18.4 Å². The number of pyridine rings is 1. The molecule has 0 saturated heterocycles.